The highest BCUT2D eigenvalue weighted by molar-refractivity contribution is 5.74. The third kappa shape index (κ3) is 5.41. The lowest BCUT2D eigenvalue weighted by Gasteiger charge is -2.19. The van der Waals surface area contributed by atoms with Crippen molar-refractivity contribution in [3.63, 3.8) is 0 Å². The molecular formula is C17H24N4O2. The van der Waals surface area contributed by atoms with E-state index in [0.29, 0.717) is 6.54 Å². The number of nitrogens with one attached hydrogen (secondary N) is 2. The quantitative estimate of drug-likeness (QED) is 0.728. The van der Waals surface area contributed by atoms with Crippen LogP contribution in [0.1, 0.15) is 25.0 Å². The second-order valence-corrected chi connectivity index (χ2v) is 5.83. The Morgan fingerprint density at radius 1 is 1.26 bits per heavy atom. The molecule has 0 fully saturated rings. The van der Waals surface area contributed by atoms with Crippen LogP contribution in [0.3, 0.4) is 0 Å². The van der Waals surface area contributed by atoms with Crippen LogP contribution < -0.4 is 10.6 Å². The normalized spacial score (nSPS) is 13.3. The molecule has 0 aliphatic heterocycles. The third-order valence-electron chi connectivity index (χ3n) is 3.90. The molecule has 0 aliphatic carbocycles. The van der Waals surface area contributed by atoms with E-state index in [9.17, 15) is 4.79 Å². The van der Waals surface area contributed by atoms with Gasteiger partial charge < -0.3 is 20.3 Å². The van der Waals surface area contributed by atoms with Gasteiger partial charge in [0.2, 0.25) is 0 Å². The maximum absolute atomic E-state index is 11.8. The van der Waals surface area contributed by atoms with Gasteiger partial charge in [0.15, 0.2) is 0 Å². The molecule has 2 unspecified atom stereocenters. The molecule has 0 bridgehead atoms. The molecule has 1 heterocycles. The standard InChI is InChI=1S/C17H24N4O2/c1-13(11-22)14(2)20-17(23)19-9-15-3-5-16(6-4-15)10-21-8-7-18-12-21/h3-8,12-14,22H,9-11H2,1-2H3,(H2,19,20,23). The first-order valence-electron chi connectivity index (χ1n) is 7.77. The van der Waals surface area contributed by atoms with Gasteiger partial charge in [-0.1, -0.05) is 31.2 Å². The van der Waals surface area contributed by atoms with Crippen molar-refractivity contribution in [2.45, 2.75) is 33.0 Å². The van der Waals surface area contributed by atoms with Crippen molar-refractivity contribution in [2.75, 3.05) is 6.61 Å². The zero-order valence-electron chi connectivity index (χ0n) is 13.6. The Hall–Kier alpha value is -2.34. The predicted molar refractivity (Wildman–Crippen MR) is 88.9 cm³/mol. The molecule has 2 aromatic rings. The van der Waals surface area contributed by atoms with Gasteiger partial charge >= 0.3 is 6.03 Å². The molecule has 6 nitrogen and oxygen atoms in total. The Bertz CT molecular complexity index is 596. The molecule has 3 N–H and O–H groups in total. The molecule has 0 saturated heterocycles. The molecule has 1 aromatic carbocycles. The number of aromatic nitrogens is 2. The summed E-state index contributed by atoms with van der Waals surface area (Å²) in [6.45, 7) is 5.08. The number of imidazole rings is 1. The van der Waals surface area contributed by atoms with Crippen LogP contribution in [0, 0.1) is 5.92 Å². The molecule has 2 amide bonds. The number of aliphatic hydroxyl groups excluding tert-OH is 1. The summed E-state index contributed by atoms with van der Waals surface area (Å²) < 4.78 is 2.00. The van der Waals surface area contributed by atoms with Gasteiger partial charge in [-0.25, -0.2) is 9.78 Å². The molecule has 0 aliphatic rings. The summed E-state index contributed by atoms with van der Waals surface area (Å²) in [6, 6.07) is 7.81. The minimum atomic E-state index is -0.222. The van der Waals surface area contributed by atoms with Crippen LogP contribution in [-0.2, 0) is 13.1 Å². The van der Waals surface area contributed by atoms with Crippen molar-refractivity contribution in [1.82, 2.24) is 20.2 Å². The van der Waals surface area contributed by atoms with E-state index in [2.05, 4.69) is 15.6 Å². The van der Waals surface area contributed by atoms with Gasteiger partial charge in [-0.3, -0.25) is 0 Å². The predicted octanol–water partition coefficient (Wildman–Crippen LogP) is 1.75. The highest BCUT2D eigenvalue weighted by atomic mass is 16.3. The van der Waals surface area contributed by atoms with E-state index >= 15 is 0 Å². The smallest absolute Gasteiger partial charge is 0.315 e. The lowest BCUT2D eigenvalue weighted by molar-refractivity contribution is 0.200. The zero-order chi connectivity index (χ0) is 16.7. The number of urea groups is 1. The number of benzene rings is 1. The molecule has 0 radical (unpaired) electrons. The maximum atomic E-state index is 11.8. The van der Waals surface area contributed by atoms with Crippen molar-refractivity contribution in [1.29, 1.82) is 0 Å². The number of carbonyl (C=O) groups excluding carboxylic acids is 1. The Balaban J connectivity index is 1.78. The van der Waals surface area contributed by atoms with Crippen molar-refractivity contribution in [3.8, 4) is 0 Å². The fraction of sp³-hybridized carbons (Fsp3) is 0.412. The van der Waals surface area contributed by atoms with Crippen LogP contribution in [0.25, 0.3) is 0 Å². The largest absolute Gasteiger partial charge is 0.396 e. The Morgan fingerprint density at radius 3 is 2.57 bits per heavy atom. The summed E-state index contributed by atoms with van der Waals surface area (Å²) >= 11 is 0. The van der Waals surface area contributed by atoms with E-state index in [1.165, 1.54) is 5.56 Å². The van der Waals surface area contributed by atoms with Crippen molar-refractivity contribution in [2.24, 2.45) is 5.92 Å². The van der Waals surface area contributed by atoms with E-state index in [1.807, 2.05) is 48.9 Å². The fourth-order valence-corrected chi connectivity index (χ4v) is 2.09. The Kier molecular flexibility index (Phi) is 6.17. The molecule has 124 valence electrons. The van der Waals surface area contributed by atoms with Gasteiger partial charge in [-0.2, -0.15) is 0 Å². The summed E-state index contributed by atoms with van der Waals surface area (Å²) in [5.74, 6) is 0.0307. The first-order valence-corrected chi connectivity index (χ1v) is 7.77. The van der Waals surface area contributed by atoms with Gasteiger partial charge in [-0.05, 0) is 24.0 Å². The Morgan fingerprint density at radius 2 is 1.96 bits per heavy atom. The van der Waals surface area contributed by atoms with E-state index < -0.39 is 0 Å². The SMILES string of the molecule is CC(CO)C(C)NC(=O)NCc1ccc(Cn2ccnc2)cc1. The number of hydrogen-bond acceptors (Lipinski definition) is 3. The average Bonchev–Trinajstić information content (AvgIpc) is 3.06. The molecule has 1 aromatic heterocycles. The van der Waals surface area contributed by atoms with Crippen molar-refractivity contribution in [3.05, 3.63) is 54.1 Å². The second kappa shape index (κ2) is 8.33. The summed E-state index contributed by atoms with van der Waals surface area (Å²) in [6.07, 6.45) is 5.47. The summed E-state index contributed by atoms with van der Waals surface area (Å²) in [5, 5.41) is 14.7. The van der Waals surface area contributed by atoms with E-state index in [-0.39, 0.29) is 24.6 Å². The molecule has 2 rings (SSSR count). The number of amides is 2. The van der Waals surface area contributed by atoms with Gasteiger partial charge in [-0.15, -0.1) is 0 Å². The van der Waals surface area contributed by atoms with Gasteiger partial charge in [0.25, 0.3) is 0 Å². The van der Waals surface area contributed by atoms with Gasteiger partial charge in [0.05, 0.1) is 6.33 Å². The van der Waals surface area contributed by atoms with Crippen LogP contribution >= 0.6 is 0 Å². The highest BCUT2D eigenvalue weighted by Gasteiger charge is 2.13. The van der Waals surface area contributed by atoms with E-state index in [4.69, 9.17) is 5.11 Å². The molecule has 6 heteroatoms. The highest BCUT2D eigenvalue weighted by Crippen LogP contribution is 2.06. The number of nitrogens with zero attached hydrogens (tertiary/aromatic N) is 2. The van der Waals surface area contributed by atoms with Crippen LogP contribution in [0.2, 0.25) is 0 Å². The van der Waals surface area contributed by atoms with Crippen LogP contribution in [0.15, 0.2) is 43.0 Å². The van der Waals surface area contributed by atoms with E-state index in [0.717, 1.165) is 12.1 Å². The van der Waals surface area contributed by atoms with E-state index in [1.54, 1.807) is 12.5 Å². The number of carbonyl (C=O) groups is 1. The molecule has 0 saturated carbocycles. The lowest BCUT2D eigenvalue weighted by atomic mass is 10.1. The van der Waals surface area contributed by atoms with Gasteiger partial charge in [0, 0.05) is 38.1 Å². The fourth-order valence-electron chi connectivity index (χ4n) is 2.09. The number of hydrogen-bond donors (Lipinski definition) is 3. The Labute approximate surface area is 136 Å². The van der Waals surface area contributed by atoms with Crippen LogP contribution in [-0.4, -0.2) is 33.3 Å². The minimum absolute atomic E-state index is 0.0307. The number of rotatable bonds is 7. The summed E-state index contributed by atoms with van der Waals surface area (Å²) in [7, 11) is 0. The lowest BCUT2D eigenvalue weighted by Crippen LogP contribution is -2.43. The maximum Gasteiger partial charge on any atom is 0.315 e. The van der Waals surface area contributed by atoms with Crippen LogP contribution in [0.5, 0.6) is 0 Å². The van der Waals surface area contributed by atoms with Crippen molar-refractivity contribution >= 4 is 6.03 Å². The molecular weight excluding hydrogens is 292 g/mol. The molecule has 23 heavy (non-hydrogen) atoms. The molecule has 2 atom stereocenters. The first-order chi connectivity index (χ1) is 11.1. The zero-order valence-corrected chi connectivity index (χ0v) is 13.6. The molecule has 0 spiro atoms. The average molecular weight is 316 g/mol. The second-order valence-electron chi connectivity index (χ2n) is 5.83. The van der Waals surface area contributed by atoms with Crippen molar-refractivity contribution < 1.29 is 9.90 Å². The number of aliphatic hydroxyl groups is 1. The van der Waals surface area contributed by atoms with Crippen LogP contribution in [0.4, 0.5) is 4.79 Å². The summed E-state index contributed by atoms with van der Waals surface area (Å²) in [4.78, 5) is 15.8. The monoisotopic (exact) mass is 316 g/mol. The third-order valence-corrected chi connectivity index (χ3v) is 3.90. The summed E-state index contributed by atoms with van der Waals surface area (Å²) in [5.41, 5.74) is 2.22. The first kappa shape index (κ1) is 17.0. The minimum Gasteiger partial charge on any atom is -0.396 e. The van der Waals surface area contributed by atoms with Gasteiger partial charge in [0.1, 0.15) is 0 Å². The topological polar surface area (TPSA) is 79.2 Å².